The van der Waals surface area contributed by atoms with Gasteiger partial charge in [-0.3, -0.25) is 4.99 Å². The molecule has 2 heterocycles. The fourth-order valence-electron chi connectivity index (χ4n) is 2.92. The van der Waals surface area contributed by atoms with Crippen molar-refractivity contribution in [2.75, 3.05) is 6.54 Å². The lowest BCUT2D eigenvalue weighted by molar-refractivity contribution is 0.363. The van der Waals surface area contributed by atoms with Crippen LogP contribution < -0.4 is 10.6 Å². The molecule has 0 bridgehead atoms. The van der Waals surface area contributed by atoms with E-state index in [9.17, 15) is 0 Å². The zero-order chi connectivity index (χ0) is 15.5. The Morgan fingerprint density at radius 1 is 1.26 bits per heavy atom. The van der Waals surface area contributed by atoms with Gasteiger partial charge in [0.25, 0.3) is 0 Å². The SMILES string of the molecule is CCN=C(NC1CCC1)NC1CCc2nc(C(C)C)nn2C1.I. The van der Waals surface area contributed by atoms with Crippen molar-refractivity contribution in [1.29, 1.82) is 0 Å². The summed E-state index contributed by atoms with van der Waals surface area (Å²) in [5.74, 6) is 3.44. The normalized spacial score (nSPS) is 21.4. The number of fused-ring (bicyclic) bond motifs is 1. The fraction of sp³-hybridized carbons (Fsp3) is 0.812. The highest BCUT2D eigenvalue weighted by Crippen LogP contribution is 2.19. The van der Waals surface area contributed by atoms with Gasteiger partial charge in [0.2, 0.25) is 0 Å². The lowest BCUT2D eigenvalue weighted by atomic mass is 9.93. The first kappa shape index (κ1) is 18.5. The molecule has 1 aliphatic heterocycles. The van der Waals surface area contributed by atoms with Gasteiger partial charge in [-0.1, -0.05) is 13.8 Å². The van der Waals surface area contributed by atoms with Crippen molar-refractivity contribution in [3.05, 3.63) is 11.6 Å². The number of nitrogens with zero attached hydrogens (tertiary/aromatic N) is 4. The predicted molar refractivity (Wildman–Crippen MR) is 104 cm³/mol. The lowest BCUT2D eigenvalue weighted by Gasteiger charge is -2.31. The molecule has 0 saturated heterocycles. The standard InChI is InChI=1S/C16H28N6.HI/c1-4-17-16(18-12-6-5-7-12)19-13-8-9-14-20-15(11(2)3)21-22(14)10-13;/h11-13H,4-10H2,1-3H3,(H2,17,18,19);1H. The Kier molecular flexibility index (Phi) is 6.67. The number of halogens is 1. The number of aromatic nitrogens is 3. The van der Waals surface area contributed by atoms with E-state index in [-0.39, 0.29) is 24.0 Å². The zero-order valence-electron chi connectivity index (χ0n) is 14.4. The Morgan fingerprint density at radius 2 is 2.00 bits per heavy atom. The second kappa shape index (κ2) is 8.30. The smallest absolute Gasteiger partial charge is 0.191 e. The summed E-state index contributed by atoms with van der Waals surface area (Å²) < 4.78 is 2.07. The minimum Gasteiger partial charge on any atom is -0.354 e. The van der Waals surface area contributed by atoms with E-state index in [0.717, 1.165) is 43.5 Å². The van der Waals surface area contributed by atoms with Crippen molar-refractivity contribution in [2.24, 2.45) is 4.99 Å². The van der Waals surface area contributed by atoms with Crippen molar-refractivity contribution < 1.29 is 0 Å². The van der Waals surface area contributed by atoms with Crippen LogP contribution in [-0.4, -0.2) is 39.4 Å². The number of nitrogens with one attached hydrogen (secondary N) is 2. The highest BCUT2D eigenvalue weighted by Gasteiger charge is 2.24. The Balaban J connectivity index is 0.00000192. The Bertz CT molecular complexity index is 535. The van der Waals surface area contributed by atoms with Crippen molar-refractivity contribution in [3.8, 4) is 0 Å². The average molecular weight is 432 g/mol. The summed E-state index contributed by atoms with van der Waals surface area (Å²) in [6.07, 6.45) is 5.94. The quantitative estimate of drug-likeness (QED) is 0.436. The number of hydrogen-bond donors (Lipinski definition) is 2. The molecule has 1 aliphatic carbocycles. The molecule has 2 N–H and O–H groups in total. The molecule has 3 rings (SSSR count). The van der Waals surface area contributed by atoms with Gasteiger partial charge in [0.15, 0.2) is 11.8 Å². The van der Waals surface area contributed by atoms with Crippen LogP contribution in [0.1, 0.15) is 64.0 Å². The minimum absolute atomic E-state index is 0. The molecule has 0 radical (unpaired) electrons. The third-order valence-electron chi connectivity index (χ3n) is 4.49. The van der Waals surface area contributed by atoms with Crippen molar-refractivity contribution >= 4 is 29.9 Å². The van der Waals surface area contributed by atoms with E-state index in [1.165, 1.54) is 19.3 Å². The highest BCUT2D eigenvalue weighted by atomic mass is 127. The lowest BCUT2D eigenvalue weighted by Crippen LogP contribution is -2.51. The van der Waals surface area contributed by atoms with Crippen molar-refractivity contribution in [1.82, 2.24) is 25.4 Å². The van der Waals surface area contributed by atoms with Gasteiger partial charge < -0.3 is 10.6 Å². The van der Waals surface area contributed by atoms with Crippen LogP contribution in [-0.2, 0) is 13.0 Å². The summed E-state index contributed by atoms with van der Waals surface area (Å²) in [6.45, 7) is 8.05. The van der Waals surface area contributed by atoms with Gasteiger partial charge in [0.1, 0.15) is 5.82 Å². The first-order valence-corrected chi connectivity index (χ1v) is 8.66. The molecule has 1 atom stereocenters. The van der Waals surface area contributed by atoms with Crippen LogP contribution in [0.3, 0.4) is 0 Å². The van der Waals surface area contributed by atoms with E-state index in [2.05, 4.69) is 51.2 Å². The van der Waals surface area contributed by atoms with Gasteiger partial charge in [0.05, 0.1) is 6.54 Å². The molecular weight excluding hydrogens is 403 g/mol. The molecule has 1 fully saturated rings. The monoisotopic (exact) mass is 432 g/mol. The molecule has 23 heavy (non-hydrogen) atoms. The van der Waals surface area contributed by atoms with Gasteiger partial charge in [-0.25, -0.2) is 9.67 Å². The highest BCUT2D eigenvalue weighted by molar-refractivity contribution is 14.0. The first-order chi connectivity index (χ1) is 10.7. The number of rotatable bonds is 4. The second-order valence-corrected chi connectivity index (χ2v) is 6.70. The second-order valence-electron chi connectivity index (χ2n) is 6.70. The van der Waals surface area contributed by atoms with Crippen LogP contribution >= 0.6 is 24.0 Å². The van der Waals surface area contributed by atoms with E-state index in [4.69, 9.17) is 0 Å². The number of aliphatic imine (C=N–C) groups is 1. The molecule has 6 nitrogen and oxygen atoms in total. The molecule has 0 spiro atoms. The maximum Gasteiger partial charge on any atom is 0.191 e. The van der Waals surface area contributed by atoms with E-state index in [1.54, 1.807) is 0 Å². The molecule has 0 aromatic carbocycles. The maximum absolute atomic E-state index is 4.65. The van der Waals surface area contributed by atoms with Gasteiger partial charge in [-0.2, -0.15) is 5.10 Å². The summed E-state index contributed by atoms with van der Waals surface area (Å²) in [5.41, 5.74) is 0. The van der Waals surface area contributed by atoms with Crippen LogP contribution in [0.15, 0.2) is 4.99 Å². The third-order valence-corrected chi connectivity index (χ3v) is 4.49. The molecule has 1 unspecified atom stereocenters. The first-order valence-electron chi connectivity index (χ1n) is 8.66. The Morgan fingerprint density at radius 3 is 2.61 bits per heavy atom. The summed E-state index contributed by atoms with van der Waals surface area (Å²) in [5, 5.41) is 11.8. The molecule has 7 heteroatoms. The van der Waals surface area contributed by atoms with Gasteiger partial charge in [0, 0.05) is 31.0 Å². The predicted octanol–water partition coefficient (Wildman–Crippen LogP) is 2.44. The van der Waals surface area contributed by atoms with Crippen LogP contribution in [0.5, 0.6) is 0 Å². The largest absolute Gasteiger partial charge is 0.354 e. The summed E-state index contributed by atoms with van der Waals surface area (Å²) >= 11 is 0. The molecule has 1 aromatic rings. The fourth-order valence-corrected chi connectivity index (χ4v) is 2.92. The molecule has 1 aromatic heterocycles. The van der Waals surface area contributed by atoms with E-state index in [0.29, 0.717) is 18.0 Å². The minimum atomic E-state index is 0. The Hall–Kier alpha value is -0.860. The Labute approximate surface area is 155 Å². The van der Waals surface area contributed by atoms with Crippen LogP contribution in [0.4, 0.5) is 0 Å². The number of guanidine groups is 1. The number of aryl methyl sites for hydroxylation is 1. The average Bonchev–Trinajstić information content (AvgIpc) is 2.86. The van der Waals surface area contributed by atoms with Crippen LogP contribution in [0.2, 0.25) is 0 Å². The van der Waals surface area contributed by atoms with Gasteiger partial charge in [-0.15, -0.1) is 24.0 Å². The van der Waals surface area contributed by atoms with E-state index < -0.39 is 0 Å². The molecule has 2 aliphatic rings. The summed E-state index contributed by atoms with van der Waals surface area (Å²) in [6, 6.07) is 0.989. The van der Waals surface area contributed by atoms with Crippen LogP contribution in [0.25, 0.3) is 0 Å². The van der Waals surface area contributed by atoms with Gasteiger partial charge in [-0.05, 0) is 32.6 Å². The topological polar surface area (TPSA) is 67.1 Å². The molecule has 1 saturated carbocycles. The third kappa shape index (κ3) is 4.58. The number of hydrogen-bond acceptors (Lipinski definition) is 3. The summed E-state index contributed by atoms with van der Waals surface area (Å²) in [4.78, 5) is 9.23. The van der Waals surface area contributed by atoms with E-state index in [1.807, 2.05) is 0 Å². The zero-order valence-corrected chi connectivity index (χ0v) is 16.7. The molecule has 130 valence electrons. The maximum atomic E-state index is 4.65. The van der Waals surface area contributed by atoms with Crippen molar-refractivity contribution in [2.45, 2.75) is 77.4 Å². The summed E-state index contributed by atoms with van der Waals surface area (Å²) in [7, 11) is 0. The van der Waals surface area contributed by atoms with E-state index >= 15 is 0 Å². The van der Waals surface area contributed by atoms with Crippen LogP contribution in [0, 0.1) is 0 Å². The molecule has 0 amide bonds. The van der Waals surface area contributed by atoms with Crippen molar-refractivity contribution in [3.63, 3.8) is 0 Å². The van der Waals surface area contributed by atoms with Gasteiger partial charge >= 0.3 is 0 Å². The molecular formula is C16H29IN6.